The normalized spacial score (nSPS) is 10.5. The van der Waals surface area contributed by atoms with Crippen molar-refractivity contribution in [2.45, 2.75) is 26.9 Å². The van der Waals surface area contributed by atoms with E-state index in [1.165, 1.54) is 6.92 Å². The van der Waals surface area contributed by atoms with Crippen LogP contribution in [0, 0.1) is 12.7 Å². The molecule has 17 heavy (non-hydrogen) atoms. The van der Waals surface area contributed by atoms with E-state index in [1.54, 1.807) is 13.8 Å². The second-order valence-electron chi connectivity index (χ2n) is 3.89. The molecule has 0 amide bonds. The van der Waals surface area contributed by atoms with Gasteiger partial charge in [0.1, 0.15) is 11.3 Å². The number of phenols is 1. The SMILES string of the molecule is COC(=O)c1c(O)cc(C)c(F)c1OC(C)C. The summed E-state index contributed by atoms with van der Waals surface area (Å²) in [6.45, 7) is 4.86. The number of phenolic OH excluding ortho intramolecular Hbond substituents is 1. The third kappa shape index (κ3) is 2.67. The summed E-state index contributed by atoms with van der Waals surface area (Å²) >= 11 is 0. The molecule has 0 aliphatic heterocycles. The Morgan fingerprint density at radius 2 is 2.06 bits per heavy atom. The van der Waals surface area contributed by atoms with E-state index in [9.17, 15) is 14.3 Å². The maximum Gasteiger partial charge on any atom is 0.345 e. The van der Waals surface area contributed by atoms with Crippen LogP contribution < -0.4 is 4.74 Å². The number of esters is 1. The van der Waals surface area contributed by atoms with Crippen molar-refractivity contribution in [2.75, 3.05) is 7.11 Å². The van der Waals surface area contributed by atoms with Crippen molar-refractivity contribution in [1.82, 2.24) is 0 Å². The van der Waals surface area contributed by atoms with Gasteiger partial charge in [-0.25, -0.2) is 9.18 Å². The molecule has 0 spiro atoms. The zero-order valence-electron chi connectivity index (χ0n) is 10.2. The molecule has 1 N–H and O–H groups in total. The van der Waals surface area contributed by atoms with Gasteiger partial charge in [0.15, 0.2) is 11.6 Å². The molecule has 1 aromatic rings. The molecule has 0 unspecified atom stereocenters. The molecule has 0 atom stereocenters. The van der Waals surface area contributed by atoms with E-state index in [4.69, 9.17) is 4.74 Å². The molecule has 0 heterocycles. The molecule has 0 saturated carbocycles. The predicted molar refractivity (Wildman–Crippen MR) is 59.9 cm³/mol. The highest BCUT2D eigenvalue weighted by atomic mass is 19.1. The molecule has 0 fully saturated rings. The molecule has 0 aliphatic carbocycles. The number of halogens is 1. The molecule has 5 heteroatoms. The lowest BCUT2D eigenvalue weighted by Crippen LogP contribution is -2.13. The molecular formula is C12H15FO4. The highest BCUT2D eigenvalue weighted by Gasteiger charge is 2.24. The van der Waals surface area contributed by atoms with Crippen LogP contribution in [0.3, 0.4) is 0 Å². The van der Waals surface area contributed by atoms with Crippen molar-refractivity contribution in [2.24, 2.45) is 0 Å². The summed E-state index contributed by atoms with van der Waals surface area (Å²) in [5, 5.41) is 9.66. The summed E-state index contributed by atoms with van der Waals surface area (Å²) in [5.41, 5.74) is -0.0879. The Balaban J connectivity index is 3.44. The molecule has 1 rings (SSSR count). The molecule has 0 aliphatic rings. The van der Waals surface area contributed by atoms with Crippen molar-refractivity contribution in [3.63, 3.8) is 0 Å². The number of aryl methyl sites for hydroxylation is 1. The lowest BCUT2D eigenvalue weighted by Gasteiger charge is -2.16. The number of benzene rings is 1. The van der Waals surface area contributed by atoms with Gasteiger partial charge in [-0.3, -0.25) is 0 Å². The lowest BCUT2D eigenvalue weighted by atomic mass is 10.1. The van der Waals surface area contributed by atoms with Crippen molar-refractivity contribution in [3.8, 4) is 11.5 Å². The van der Waals surface area contributed by atoms with Crippen LogP contribution in [0.25, 0.3) is 0 Å². The highest BCUT2D eigenvalue weighted by molar-refractivity contribution is 5.95. The van der Waals surface area contributed by atoms with Gasteiger partial charge in [-0.2, -0.15) is 0 Å². The standard InChI is InChI=1S/C12H15FO4/c1-6(2)17-11-9(12(15)16-4)8(14)5-7(3)10(11)13/h5-6,14H,1-4H3. The fourth-order valence-electron chi connectivity index (χ4n) is 1.39. The Morgan fingerprint density at radius 1 is 1.47 bits per heavy atom. The van der Waals surface area contributed by atoms with Crippen molar-refractivity contribution < 1.29 is 23.8 Å². The molecule has 0 radical (unpaired) electrons. The van der Waals surface area contributed by atoms with Crippen LogP contribution in [0.15, 0.2) is 6.07 Å². The number of rotatable bonds is 3. The monoisotopic (exact) mass is 242 g/mol. The number of carbonyl (C=O) groups excluding carboxylic acids is 1. The van der Waals surface area contributed by atoms with Gasteiger partial charge >= 0.3 is 5.97 Å². The molecule has 4 nitrogen and oxygen atoms in total. The first-order valence-corrected chi connectivity index (χ1v) is 5.15. The maximum absolute atomic E-state index is 13.9. The summed E-state index contributed by atoms with van der Waals surface area (Å²) in [4.78, 5) is 11.5. The van der Waals surface area contributed by atoms with Gasteiger partial charge in [-0.05, 0) is 32.4 Å². The predicted octanol–water partition coefficient (Wildman–Crippen LogP) is 2.41. The Kier molecular flexibility index (Phi) is 3.93. The molecule has 0 aromatic heterocycles. The van der Waals surface area contributed by atoms with Crippen LogP contribution >= 0.6 is 0 Å². The number of aromatic hydroxyl groups is 1. The van der Waals surface area contributed by atoms with E-state index in [0.29, 0.717) is 0 Å². The Bertz CT molecular complexity index is 441. The zero-order valence-corrected chi connectivity index (χ0v) is 10.2. The lowest BCUT2D eigenvalue weighted by molar-refractivity contribution is 0.0589. The van der Waals surface area contributed by atoms with E-state index in [1.807, 2.05) is 0 Å². The molecule has 0 bridgehead atoms. The molecule has 0 saturated heterocycles. The van der Waals surface area contributed by atoms with Gasteiger partial charge < -0.3 is 14.6 Å². The van der Waals surface area contributed by atoms with E-state index >= 15 is 0 Å². The maximum atomic E-state index is 13.9. The Hall–Kier alpha value is -1.78. The van der Waals surface area contributed by atoms with Crippen LogP contribution in [0.1, 0.15) is 29.8 Å². The van der Waals surface area contributed by atoms with Crippen molar-refractivity contribution >= 4 is 5.97 Å². The summed E-state index contributed by atoms with van der Waals surface area (Å²) in [7, 11) is 1.15. The van der Waals surface area contributed by atoms with Crippen LogP contribution in [0.2, 0.25) is 0 Å². The third-order valence-corrected chi connectivity index (χ3v) is 2.13. The van der Waals surface area contributed by atoms with E-state index in [-0.39, 0.29) is 28.7 Å². The average Bonchev–Trinajstić information content (AvgIpc) is 2.24. The topological polar surface area (TPSA) is 55.8 Å². The Labute approximate surface area is 99.0 Å². The zero-order chi connectivity index (χ0) is 13.2. The van der Waals surface area contributed by atoms with Crippen LogP contribution in [0.4, 0.5) is 4.39 Å². The van der Waals surface area contributed by atoms with Crippen LogP contribution in [-0.2, 0) is 4.74 Å². The van der Waals surface area contributed by atoms with Gasteiger partial charge in [-0.15, -0.1) is 0 Å². The minimum Gasteiger partial charge on any atom is -0.507 e. The van der Waals surface area contributed by atoms with Crippen LogP contribution in [-0.4, -0.2) is 24.3 Å². The van der Waals surface area contributed by atoms with Crippen molar-refractivity contribution in [1.29, 1.82) is 0 Å². The van der Waals surface area contributed by atoms with Gasteiger partial charge in [0.25, 0.3) is 0 Å². The number of carbonyl (C=O) groups is 1. The third-order valence-electron chi connectivity index (χ3n) is 2.13. The number of hydrogen-bond donors (Lipinski definition) is 1. The largest absolute Gasteiger partial charge is 0.507 e. The van der Waals surface area contributed by atoms with E-state index < -0.39 is 11.8 Å². The number of methoxy groups -OCH3 is 1. The van der Waals surface area contributed by atoms with Gasteiger partial charge in [0.05, 0.1) is 13.2 Å². The first-order chi connectivity index (χ1) is 7.88. The fraction of sp³-hybridized carbons (Fsp3) is 0.417. The van der Waals surface area contributed by atoms with Gasteiger partial charge in [-0.1, -0.05) is 0 Å². The van der Waals surface area contributed by atoms with Crippen molar-refractivity contribution in [3.05, 3.63) is 23.0 Å². The Morgan fingerprint density at radius 3 is 2.53 bits per heavy atom. The first-order valence-electron chi connectivity index (χ1n) is 5.15. The van der Waals surface area contributed by atoms with E-state index in [2.05, 4.69) is 4.74 Å². The number of ether oxygens (including phenoxy) is 2. The molecule has 94 valence electrons. The second kappa shape index (κ2) is 5.03. The van der Waals surface area contributed by atoms with Gasteiger partial charge in [0, 0.05) is 0 Å². The minimum absolute atomic E-state index is 0.200. The van der Waals surface area contributed by atoms with E-state index in [0.717, 1.165) is 13.2 Å². The second-order valence-corrected chi connectivity index (χ2v) is 3.89. The summed E-state index contributed by atoms with van der Waals surface area (Å²) in [6, 6.07) is 1.16. The summed E-state index contributed by atoms with van der Waals surface area (Å²) < 4.78 is 23.6. The smallest absolute Gasteiger partial charge is 0.345 e. The molecule has 1 aromatic carbocycles. The minimum atomic E-state index is -0.836. The highest BCUT2D eigenvalue weighted by Crippen LogP contribution is 2.34. The summed E-state index contributed by atoms with van der Waals surface area (Å²) in [6.07, 6.45) is -0.325. The number of hydrogen-bond acceptors (Lipinski definition) is 4. The van der Waals surface area contributed by atoms with Gasteiger partial charge in [0.2, 0.25) is 0 Å². The first kappa shape index (κ1) is 13.3. The average molecular weight is 242 g/mol. The fourth-order valence-corrected chi connectivity index (χ4v) is 1.39. The summed E-state index contributed by atoms with van der Waals surface area (Å²) in [5.74, 6) is -2.13. The van der Waals surface area contributed by atoms with Crippen LogP contribution in [0.5, 0.6) is 11.5 Å². The quantitative estimate of drug-likeness (QED) is 0.827. The molecular weight excluding hydrogens is 227 g/mol.